The van der Waals surface area contributed by atoms with Crippen molar-refractivity contribution in [3.05, 3.63) is 141 Å². The van der Waals surface area contributed by atoms with Crippen LogP contribution in [0.3, 0.4) is 0 Å². The number of ether oxygens (including phenoxy) is 4. The van der Waals surface area contributed by atoms with E-state index in [-0.39, 0.29) is 59.7 Å². The number of amides is 5. The zero-order valence-corrected chi connectivity index (χ0v) is 40.2. The summed E-state index contributed by atoms with van der Waals surface area (Å²) in [7, 11) is 1.87. The second kappa shape index (κ2) is 20.9. The van der Waals surface area contributed by atoms with Gasteiger partial charge in [0.1, 0.15) is 18.2 Å². The van der Waals surface area contributed by atoms with Crippen LogP contribution in [-0.4, -0.2) is 119 Å². The van der Waals surface area contributed by atoms with Crippen molar-refractivity contribution in [2.45, 2.75) is 82.1 Å². The number of aryl methyl sites for hydroxylation is 1. The summed E-state index contributed by atoms with van der Waals surface area (Å²) < 4.78 is 69.3. The fraction of sp³-hybridized carbons (Fsp3) is 0.415. The van der Waals surface area contributed by atoms with Crippen molar-refractivity contribution in [1.82, 2.24) is 29.9 Å². The lowest BCUT2D eigenvalue weighted by molar-refractivity contribution is -0.138. The number of imide groups is 2. The van der Waals surface area contributed by atoms with Crippen molar-refractivity contribution < 1.29 is 56.1 Å². The zero-order valence-electron chi connectivity index (χ0n) is 40.2. The van der Waals surface area contributed by atoms with Gasteiger partial charge in [0.2, 0.25) is 11.8 Å². The number of benzene rings is 4. The van der Waals surface area contributed by atoms with Gasteiger partial charge in [-0.25, -0.2) is 0 Å². The minimum absolute atomic E-state index is 0.00688. The first-order chi connectivity index (χ1) is 35.2. The molecule has 5 amide bonds. The van der Waals surface area contributed by atoms with E-state index < -0.39 is 47.3 Å². The van der Waals surface area contributed by atoms with Crippen LogP contribution in [0.15, 0.2) is 85.2 Å². The van der Waals surface area contributed by atoms with E-state index in [9.17, 15) is 37.1 Å². The largest absolute Gasteiger partial charge is 0.416 e. The Kier molecular flexibility index (Phi) is 14.3. The highest BCUT2D eigenvalue weighted by Crippen LogP contribution is 2.42. The molecule has 5 aliphatic rings. The Hall–Kier alpha value is -6.84. The average molecular weight is 1010 g/mol. The molecule has 5 aromatic rings. The molecule has 4 aromatic carbocycles. The van der Waals surface area contributed by atoms with Crippen LogP contribution >= 0.6 is 0 Å². The van der Waals surface area contributed by atoms with Crippen LogP contribution < -0.4 is 15.5 Å². The Bertz CT molecular complexity index is 2920. The average Bonchev–Trinajstić information content (AvgIpc) is 4.01. The van der Waals surface area contributed by atoms with Gasteiger partial charge in [-0.05, 0) is 83.5 Å². The van der Waals surface area contributed by atoms with Crippen LogP contribution in [0.2, 0.25) is 0 Å². The van der Waals surface area contributed by atoms with Gasteiger partial charge >= 0.3 is 6.18 Å². The fourth-order valence-corrected chi connectivity index (χ4v) is 10.3. The zero-order chi connectivity index (χ0) is 50.9. The molecule has 1 atom stereocenters. The third-order valence-corrected chi connectivity index (χ3v) is 14.3. The molecule has 10 rings (SSSR count). The van der Waals surface area contributed by atoms with Crippen LogP contribution in [0.1, 0.15) is 96.0 Å². The number of aromatic nitrogens is 3. The summed E-state index contributed by atoms with van der Waals surface area (Å²) in [5.74, 6) is -1.90. The number of hydrogen-bond acceptors (Lipinski definition) is 13. The molecule has 0 spiro atoms. The standard InChI is InChI=1S/C53H55F3N8O9/c1-61-32-58-60-45(61)25-52(30-72-31-52)36-4-2-5-37(24-36)63-27-41-40(49(63)67)22-35(23-42(41)53(54,55)56)26-62-17-14-38(15-18-62)73-21-20-71-29-34-10-8-33(9-11-34)28-70-19-16-57-43-7-3-6-39-47(43)51(69)64(50(39)68)44-12-13-46(65)59-48(44)66/h2-11,22-24,32,38,44,57H,12-21,25-31H2,1H3,(H,59,65,66). The van der Waals surface area contributed by atoms with Crippen LogP contribution in [0.25, 0.3) is 0 Å². The van der Waals surface area contributed by atoms with Crippen LogP contribution in [0.4, 0.5) is 24.5 Å². The molecule has 1 unspecified atom stereocenters. The molecule has 0 saturated carbocycles. The number of carbonyl (C=O) groups excluding carboxylic acids is 5. The van der Waals surface area contributed by atoms with Gasteiger partial charge in [-0.2, -0.15) is 13.2 Å². The Balaban J connectivity index is 0.638. The van der Waals surface area contributed by atoms with E-state index in [1.165, 1.54) is 11.0 Å². The summed E-state index contributed by atoms with van der Waals surface area (Å²) in [5.41, 5.74) is 3.60. The Morgan fingerprint density at radius 2 is 1.56 bits per heavy atom. The number of piperidine rings is 2. The molecule has 0 radical (unpaired) electrons. The first-order valence-electron chi connectivity index (χ1n) is 24.5. The second-order valence-electron chi connectivity index (χ2n) is 19.3. The normalized spacial score (nSPS) is 19.1. The van der Waals surface area contributed by atoms with Gasteiger partial charge in [-0.3, -0.25) is 39.1 Å². The molecular weight excluding hydrogens is 950 g/mol. The number of hydrogen-bond donors (Lipinski definition) is 2. The topological polar surface area (TPSA) is 187 Å². The highest BCUT2D eigenvalue weighted by atomic mass is 19.4. The lowest BCUT2D eigenvalue weighted by Gasteiger charge is -2.42. The summed E-state index contributed by atoms with van der Waals surface area (Å²) in [4.78, 5) is 68.9. The summed E-state index contributed by atoms with van der Waals surface area (Å²) >= 11 is 0. The quantitative estimate of drug-likeness (QED) is 0.0756. The number of nitrogens with one attached hydrogen (secondary N) is 2. The Morgan fingerprint density at radius 1 is 0.822 bits per heavy atom. The molecule has 6 heterocycles. The molecule has 3 saturated heterocycles. The van der Waals surface area contributed by atoms with E-state index in [1.54, 1.807) is 36.7 Å². The summed E-state index contributed by atoms with van der Waals surface area (Å²) in [5, 5.41) is 13.6. The Morgan fingerprint density at radius 3 is 2.25 bits per heavy atom. The summed E-state index contributed by atoms with van der Waals surface area (Å²) in [6, 6.07) is 22.0. The van der Waals surface area contributed by atoms with Crippen molar-refractivity contribution >= 4 is 40.9 Å². The fourth-order valence-electron chi connectivity index (χ4n) is 10.3. The van der Waals surface area contributed by atoms with Gasteiger partial charge in [0.15, 0.2) is 0 Å². The van der Waals surface area contributed by atoms with Gasteiger partial charge in [-0.1, -0.05) is 42.5 Å². The molecule has 2 N–H and O–H groups in total. The van der Waals surface area contributed by atoms with Crippen molar-refractivity contribution in [2.24, 2.45) is 7.05 Å². The number of anilines is 2. The van der Waals surface area contributed by atoms with E-state index >= 15 is 0 Å². The number of fused-ring (bicyclic) bond motifs is 2. The lowest BCUT2D eigenvalue weighted by Crippen LogP contribution is -2.54. The van der Waals surface area contributed by atoms with Crippen LogP contribution in [0.5, 0.6) is 0 Å². The minimum atomic E-state index is -4.64. The Labute approximate surface area is 418 Å². The number of carbonyl (C=O) groups is 5. The smallest absolute Gasteiger partial charge is 0.382 e. The predicted octanol–water partition coefficient (Wildman–Crippen LogP) is 5.73. The minimum Gasteiger partial charge on any atom is -0.382 e. The summed E-state index contributed by atoms with van der Waals surface area (Å²) in [6.07, 6.45) is -0.891. The highest BCUT2D eigenvalue weighted by molar-refractivity contribution is 6.25. The van der Waals surface area contributed by atoms with E-state index in [0.29, 0.717) is 102 Å². The number of rotatable bonds is 19. The number of alkyl halides is 3. The SMILES string of the molecule is Cn1cnnc1CC1(c2cccc(N3Cc4c(cc(CN5CCC(OCCOCc6ccc(COCCNc7cccc8c7C(=O)N(C7CCC(=O)NC7=O)C8=O)cc6)CC5)cc4C(F)(F)F)C3=O)c2)COC1. The van der Waals surface area contributed by atoms with Gasteiger partial charge in [0.05, 0.1) is 75.6 Å². The van der Waals surface area contributed by atoms with Crippen molar-refractivity contribution in [3.8, 4) is 0 Å². The monoisotopic (exact) mass is 1000 g/mol. The highest BCUT2D eigenvalue weighted by Gasteiger charge is 2.46. The van der Waals surface area contributed by atoms with E-state index in [0.717, 1.165) is 27.4 Å². The van der Waals surface area contributed by atoms with Gasteiger partial charge in [0.25, 0.3) is 17.7 Å². The van der Waals surface area contributed by atoms with Crippen molar-refractivity contribution in [1.29, 1.82) is 0 Å². The molecular formula is C53H55F3N8O9. The van der Waals surface area contributed by atoms with Crippen LogP contribution in [0, 0.1) is 0 Å². The lowest BCUT2D eigenvalue weighted by atomic mass is 9.75. The first kappa shape index (κ1) is 49.7. The van der Waals surface area contributed by atoms with E-state index in [2.05, 4.69) is 25.7 Å². The number of halogens is 3. The van der Waals surface area contributed by atoms with Crippen LogP contribution in [-0.2, 0) is 79.9 Å². The molecule has 0 aliphatic carbocycles. The molecule has 73 heavy (non-hydrogen) atoms. The maximum Gasteiger partial charge on any atom is 0.416 e. The van der Waals surface area contributed by atoms with Gasteiger partial charge in [0, 0.05) is 68.4 Å². The number of nitrogens with zero attached hydrogens (tertiary/aromatic N) is 6. The van der Waals surface area contributed by atoms with E-state index in [1.807, 2.05) is 54.1 Å². The maximum atomic E-state index is 14.7. The first-order valence-corrected chi connectivity index (χ1v) is 24.5. The van der Waals surface area contributed by atoms with Crippen molar-refractivity contribution in [3.63, 3.8) is 0 Å². The molecule has 17 nitrogen and oxygen atoms in total. The van der Waals surface area contributed by atoms with Crippen molar-refractivity contribution in [2.75, 3.05) is 62.9 Å². The number of likely N-dealkylation sites (tertiary alicyclic amines) is 1. The molecule has 3 fully saturated rings. The second-order valence-corrected chi connectivity index (χ2v) is 19.3. The third-order valence-electron chi connectivity index (χ3n) is 14.3. The molecule has 382 valence electrons. The summed E-state index contributed by atoms with van der Waals surface area (Å²) in [6.45, 7) is 4.48. The van der Waals surface area contributed by atoms with Gasteiger partial charge in [-0.15, -0.1) is 10.2 Å². The molecule has 0 bridgehead atoms. The predicted molar refractivity (Wildman–Crippen MR) is 257 cm³/mol. The maximum absolute atomic E-state index is 14.7. The molecule has 1 aromatic heterocycles. The molecule has 5 aliphatic heterocycles. The third kappa shape index (κ3) is 10.5. The molecule has 20 heteroatoms. The van der Waals surface area contributed by atoms with Gasteiger partial charge < -0.3 is 33.7 Å². The van der Waals surface area contributed by atoms with E-state index in [4.69, 9.17) is 18.9 Å².